The summed E-state index contributed by atoms with van der Waals surface area (Å²) in [6, 6.07) is 20.7. The minimum atomic E-state index is -5.08. The number of benzene rings is 3. The number of hydrogen-bond donors (Lipinski definition) is 4. The number of anilines is 2. The third-order valence-corrected chi connectivity index (χ3v) is 7.06. The predicted molar refractivity (Wildman–Crippen MR) is 170 cm³/mol. The first kappa shape index (κ1) is 34.8. The number of amides is 1. The van der Waals surface area contributed by atoms with Crippen molar-refractivity contribution >= 4 is 45.9 Å². The van der Waals surface area contributed by atoms with E-state index in [1.54, 1.807) is 18.0 Å². The number of carboxylic acids is 1. The number of nitrogen functional groups attached to an aromatic ring is 1. The second kappa shape index (κ2) is 15.9. The number of halogens is 3. The van der Waals surface area contributed by atoms with Crippen LogP contribution in [0.1, 0.15) is 37.9 Å². The molecular weight excluding hydrogens is 609 g/mol. The molecule has 0 aliphatic rings. The summed E-state index contributed by atoms with van der Waals surface area (Å²) < 4.78 is 43.6. The fourth-order valence-electron chi connectivity index (χ4n) is 4.22. The lowest BCUT2D eigenvalue weighted by atomic mass is 10.0. The van der Waals surface area contributed by atoms with E-state index in [9.17, 15) is 18.0 Å². The number of nitrogens with zero attached hydrogens (tertiary/aromatic N) is 1. The van der Waals surface area contributed by atoms with Crippen LogP contribution in [0.5, 0.6) is 11.5 Å². The molecule has 1 heterocycles. The third-order valence-electron chi connectivity index (χ3n) is 6.22. The Bertz CT molecular complexity index is 1620. The van der Waals surface area contributed by atoms with Gasteiger partial charge in [0.1, 0.15) is 11.9 Å². The van der Waals surface area contributed by atoms with Gasteiger partial charge in [-0.1, -0.05) is 24.3 Å². The fraction of sp³-hybridized carbons (Fsp3) is 0.281. The summed E-state index contributed by atoms with van der Waals surface area (Å²) in [7, 11) is 0. The predicted octanol–water partition coefficient (Wildman–Crippen LogP) is 6.83. The molecule has 0 aliphatic heterocycles. The average molecular weight is 645 g/mol. The highest BCUT2D eigenvalue weighted by Gasteiger charge is 2.38. The number of fused-ring (bicyclic) bond motifs is 1. The van der Waals surface area contributed by atoms with Gasteiger partial charge in [-0.15, -0.1) is 11.8 Å². The Balaban J connectivity index is 0.000000707. The molecule has 0 aliphatic carbocycles. The molecule has 0 saturated heterocycles. The van der Waals surface area contributed by atoms with E-state index in [2.05, 4.69) is 21.7 Å². The second-order valence-electron chi connectivity index (χ2n) is 9.85. The maximum absolute atomic E-state index is 13.7. The van der Waals surface area contributed by atoms with Crippen LogP contribution in [0.3, 0.4) is 0 Å². The van der Waals surface area contributed by atoms with Crippen molar-refractivity contribution in [1.82, 2.24) is 10.3 Å². The second-order valence-corrected chi connectivity index (χ2v) is 10.7. The van der Waals surface area contributed by atoms with Gasteiger partial charge in [-0.25, -0.2) is 9.78 Å². The Morgan fingerprint density at radius 1 is 1.04 bits per heavy atom. The third kappa shape index (κ3) is 9.93. The van der Waals surface area contributed by atoms with E-state index >= 15 is 0 Å². The number of alkyl halides is 3. The highest BCUT2D eigenvalue weighted by atomic mass is 32.2. The Kier molecular flexibility index (Phi) is 12.3. The van der Waals surface area contributed by atoms with E-state index < -0.39 is 18.2 Å². The van der Waals surface area contributed by atoms with Crippen molar-refractivity contribution < 1.29 is 37.3 Å². The van der Waals surface area contributed by atoms with Crippen molar-refractivity contribution in [2.45, 2.75) is 50.5 Å². The van der Waals surface area contributed by atoms with E-state index in [-0.39, 0.29) is 12.0 Å². The highest BCUT2D eigenvalue weighted by molar-refractivity contribution is 7.98. The first-order valence-corrected chi connectivity index (χ1v) is 15.1. The van der Waals surface area contributed by atoms with E-state index in [1.807, 2.05) is 87.7 Å². The van der Waals surface area contributed by atoms with Gasteiger partial charge in [-0.05, 0) is 86.0 Å². The van der Waals surface area contributed by atoms with Gasteiger partial charge in [0.2, 0.25) is 5.91 Å². The molecule has 4 rings (SSSR count). The molecule has 1 aromatic heterocycles. The van der Waals surface area contributed by atoms with E-state index in [4.69, 9.17) is 25.1 Å². The van der Waals surface area contributed by atoms with Gasteiger partial charge >= 0.3 is 12.1 Å². The van der Waals surface area contributed by atoms with E-state index in [0.717, 1.165) is 32.5 Å². The van der Waals surface area contributed by atoms with Gasteiger partial charge in [-0.3, -0.25) is 4.79 Å². The topological polar surface area (TPSA) is 136 Å². The van der Waals surface area contributed by atoms with Crippen molar-refractivity contribution in [3.8, 4) is 11.5 Å². The van der Waals surface area contributed by atoms with Gasteiger partial charge in [-0.2, -0.15) is 13.2 Å². The number of ether oxygens (including phenoxy) is 2. The van der Waals surface area contributed by atoms with Crippen LogP contribution in [-0.2, 0) is 16.1 Å². The number of hydrogen-bond acceptors (Lipinski definition) is 8. The van der Waals surface area contributed by atoms with Gasteiger partial charge in [0, 0.05) is 28.7 Å². The number of thioether (sulfide) groups is 1. The number of carbonyl (C=O) groups excluding carboxylic acids is 1. The molecule has 0 fully saturated rings. The van der Waals surface area contributed by atoms with Crippen LogP contribution in [0.15, 0.2) is 77.8 Å². The molecule has 1 atom stereocenters. The molecule has 9 nitrogen and oxygen atoms in total. The Labute approximate surface area is 263 Å². The van der Waals surface area contributed by atoms with Crippen LogP contribution >= 0.6 is 11.8 Å². The van der Waals surface area contributed by atoms with Gasteiger partial charge < -0.3 is 30.9 Å². The maximum atomic E-state index is 13.7. The largest absolute Gasteiger partial charge is 0.490 e. The van der Waals surface area contributed by atoms with E-state index in [1.165, 1.54) is 0 Å². The molecule has 0 bridgehead atoms. The Morgan fingerprint density at radius 2 is 1.76 bits per heavy atom. The monoisotopic (exact) mass is 644 g/mol. The first-order chi connectivity index (χ1) is 21.3. The lowest BCUT2D eigenvalue weighted by molar-refractivity contribution is -0.192. The van der Waals surface area contributed by atoms with Crippen LogP contribution in [0.25, 0.3) is 10.8 Å². The van der Waals surface area contributed by atoms with Crippen molar-refractivity contribution in [2.24, 2.45) is 0 Å². The summed E-state index contributed by atoms with van der Waals surface area (Å²) in [5, 5.41) is 15.5. The minimum absolute atomic E-state index is 0.00620. The van der Waals surface area contributed by atoms with Crippen LogP contribution in [0.4, 0.5) is 24.7 Å². The quantitative estimate of drug-likeness (QED) is 0.130. The summed E-state index contributed by atoms with van der Waals surface area (Å²) in [5.41, 5.74) is 8.65. The lowest BCUT2D eigenvalue weighted by Gasteiger charge is -2.22. The number of rotatable bonds is 11. The lowest BCUT2D eigenvalue weighted by Crippen LogP contribution is -2.33. The number of nitrogens with two attached hydrogens (primary N) is 1. The standard InChI is InChI=1S/C30H34N4O3S.C2HF3O2/c1-5-36-26-17-21(10-13-25(26)37-19(2)3)28(30(35)33-18-22-8-6-7-9-27(22)38-4)34-23-11-12-24-20(16-23)14-15-32-29(24)31;3-2(4,5)1(6)7/h6-17,19,28,34H,5,18H2,1-4H3,(H2,31,32)(H,33,35);(H,6,7). The normalized spacial score (nSPS) is 11.7. The molecule has 13 heteroatoms. The molecule has 3 aromatic carbocycles. The summed E-state index contributed by atoms with van der Waals surface area (Å²) in [6.07, 6.45) is -1.38. The summed E-state index contributed by atoms with van der Waals surface area (Å²) in [4.78, 5) is 27.9. The molecule has 0 saturated carbocycles. The molecule has 1 amide bonds. The molecule has 5 N–H and O–H groups in total. The molecule has 240 valence electrons. The first-order valence-electron chi connectivity index (χ1n) is 13.9. The Hall–Kier alpha value is -4.65. The fourth-order valence-corrected chi connectivity index (χ4v) is 4.83. The van der Waals surface area contributed by atoms with Gasteiger partial charge in [0.05, 0.1) is 12.7 Å². The van der Waals surface area contributed by atoms with Crippen LogP contribution in [-0.4, -0.2) is 47.1 Å². The zero-order valence-electron chi connectivity index (χ0n) is 25.1. The number of aromatic nitrogens is 1. The molecule has 0 spiro atoms. The molecule has 0 radical (unpaired) electrons. The summed E-state index contributed by atoms with van der Waals surface area (Å²) >= 11 is 1.66. The highest BCUT2D eigenvalue weighted by Crippen LogP contribution is 2.33. The zero-order chi connectivity index (χ0) is 33.1. The summed E-state index contributed by atoms with van der Waals surface area (Å²) in [5.74, 6) is -1.20. The van der Waals surface area contributed by atoms with Crippen molar-refractivity contribution in [3.63, 3.8) is 0 Å². The van der Waals surface area contributed by atoms with Crippen molar-refractivity contribution in [1.29, 1.82) is 0 Å². The van der Waals surface area contributed by atoms with Crippen LogP contribution < -0.4 is 25.8 Å². The number of pyridine rings is 1. The average Bonchev–Trinajstić information content (AvgIpc) is 2.99. The van der Waals surface area contributed by atoms with Crippen molar-refractivity contribution in [3.05, 3.63) is 84.1 Å². The van der Waals surface area contributed by atoms with Crippen molar-refractivity contribution in [2.75, 3.05) is 23.9 Å². The molecular formula is C32H35F3N4O5S. The number of nitrogens with one attached hydrogen (secondary N) is 2. The SMILES string of the molecule is CCOc1cc(C(Nc2ccc3c(N)nccc3c2)C(=O)NCc2ccccc2SC)ccc1OC(C)C.O=C(O)C(F)(F)F. The minimum Gasteiger partial charge on any atom is -0.490 e. The van der Waals surface area contributed by atoms with Crippen LogP contribution in [0.2, 0.25) is 0 Å². The smallest absolute Gasteiger partial charge is 0.490 e. The Morgan fingerprint density at radius 3 is 2.40 bits per heavy atom. The zero-order valence-corrected chi connectivity index (χ0v) is 26.0. The van der Waals surface area contributed by atoms with Crippen LogP contribution in [0, 0.1) is 0 Å². The number of aliphatic carboxylic acids is 1. The van der Waals surface area contributed by atoms with Gasteiger partial charge in [0.15, 0.2) is 11.5 Å². The molecule has 1 unspecified atom stereocenters. The number of carbonyl (C=O) groups is 2. The number of carboxylic acid groups (broad SMARTS) is 1. The van der Waals surface area contributed by atoms with Gasteiger partial charge in [0.25, 0.3) is 0 Å². The van der Waals surface area contributed by atoms with E-state index in [0.29, 0.717) is 30.5 Å². The maximum Gasteiger partial charge on any atom is 0.490 e. The summed E-state index contributed by atoms with van der Waals surface area (Å²) in [6.45, 7) is 6.76. The molecule has 45 heavy (non-hydrogen) atoms. The molecule has 4 aromatic rings.